The number of aliphatic carboxylic acids is 1. The van der Waals surface area contributed by atoms with Gasteiger partial charge in [0.1, 0.15) is 0 Å². The fourth-order valence-corrected chi connectivity index (χ4v) is 2.00. The number of rotatable bonds is 8. The van der Waals surface area contributed by atoms with Crippen LogP contribution in [0.15, 0.2) is 18.2 Å². The molecule has 2 atom stereocenters. The number of aliphatic hydroxyl groups is 1. The number of aryl methyl sites for hydroxylation is 2. The highest BCUT2D eigenvalue weighted by atomic mass is 16.4. The molecular formula is C16H23NO4. The van der Waals surface area contributed by atoms with E-state index < -0.39 is 18.1 Å². The number of hydrogen-bond acceptors (Lipinski definition) is 4. The first-order chi connectivity index (χ1) is 9.81. The minimum Gasteiger partial charge on any atom is -0.481 e. The van der Waals surface area contributed by atoms with E-state index in [9.17, 15) is 14.7 Å². The first kappa shape index (κ1) is 17.3. The van der Waals surface area contributed by atoms with Gasteiger partial charge in [-0.25, -0.2) is 0 Å². The van der Waals surface area contributed by atoms with Gasteiger partial charge in [-0.3, -0.25) is 9.59 Å². The third-order valence-corrected chi connectivity index (χ3v) is 3.41. The van der Waals surface area contributed by atoms with Crippen molar-refractivity contribution in [1.82, 2.24) is 5.32 Å². The third kappa shape index (κ3) is 5.65. The Labute approximate surface area is 125 Å². The molecule has 0 aliphatic rings. The molecule has 0 fully saturated rings. The lowest BCUT2D eigenvalue weighted by molar-refractivity contribution is -0.137. The Morgan fingerprint density at radius 3 is 2.43 bits per heavy atom. The molecule has 0 radical (unpaired) electrons. The highest BCUT2D eigenvalue weighted by Crippen LogP contribution is 2.13. The highest BCUT2D eigenvalue weighted by molar-refractivity contribution is 6.00. The molecule has 0 aromatic heterocycles. The molecule has 0 amide bonds. The fourth-order valence-electron chi connectivity index (χ4n) is 2.00. The molecule has 21 heavy (non-hydrogen) atoms. The summed E-state index contributed by atoms with van der Waals surface area (Å²) in [5.74, 6) is -1.08. The summed E-state index contributed by atoms with van der Waals surface area (Å²) in [5.41, 5.74) is 2.69. The lowest BCUT2D eigenvalue weighted by Crippen LogP contribution is -2.40. The summed E-state index contributed by atoms with van der Waals surface area (Å²) in [5, 5.41) is 21.0. The van der Waals surface area contributed by atoms with Gasteiger partial charge in [-0.1, -0.05) is 12.1 Å². The van der Waals surface area contributed by atoms with Crippen LogP contribution >= 0.6 is 0 Å². The summed E-state index contributed by atoms with van der Waals surface area (Å²) >= 11 is 0. The molecule has 116 valence electrons. The van der Waals surface area contributed by atoms with Crippen LogP contribution < -0.4 is 5.32 Å². The van der Waals surface area contributed by atoms with Gasteiger partial charge in [0, 0.05) is 18.5 Å². The summed E-state index contributed by atoms with van der Waals surface area (Å²) in [4.78, 5) is 23.2. The molecule has 0 heterocycles. The number of carboxylic acid groups (broad SMARTS) is 1. The van der Waals surface area contributed by atoms with E-state index in [2.05, 4.69) is 5.32 Å². The molecule has 2 unspecified atom stereocenters. The van der Waals surface area contributed by atoms with Gasteiger partial charge in [0.05, 0.1) is 12.1 Å². The molecule has 3 N–H and O–H groups in total. The minimum absolute atomic E-state index is 0.0892. The zero-order chi connectivity index (χ0) is 16.0. The average Bonchev–Trinajstić information content (AvgIpc) is 2.40. The molecule has 5 heteroatoms. The first-order valence-corrected chi connectivity index (χ1v) is 7.06. The molecule has 1 aromatic rings. The van der Waals surface area contributed by atoms with Crippen molar-refractivity contribution in [3.05, 3.63) is 34.9 Å². The number of hydrogen-bond donors (Lipinski definition) is 3. The lowest BCUT2D eigenvalue weighted by atomic mass is 9.97. The van der Waals surface area contributed by atoms with Gasteiger partial charge in [0.15, 0.2) is 5.78 Å². The molecule has 0 spiro atoms. The van der Waals surface area contributed by atoms with Crippen LogP contribution in [0, 0.1) is 13.8 Å². The number of carbonyl (C=O) groups excluding carboxylic acids is 1. The van der Waals surface area contributed by atoms with Crippen molar-refractivity contribution in [2.24, 2.45) is 0 Å². The van der Waals surface area contributed by atoms with Crippen LogP contribution in [0.3, 0.4) is 0 Å². The number of benzene rings is 1. The van der Waals surface area contributed by atoms with E-state index in [4.69, 9.17) is 5.11 Å². The maximum absolute atomic E-state index is 12.5. The summed E-state index contributed by atoms with van der Waals surface area (Å²) in [7, 11) is 0. The van der Waals surface area contributed by atoms with Gasteiger partial charge >= 0.3 is 5.97 Å². The predicted molar refractivity (Wildman–Crippen MR) is 80.6 cm³/mol. The summed E-state index contributed by atoms with van der Waals surface area (Å²) in [6.07, 6.45) is -0.480. The monoisotopic (exact) mass is 293 g/mol. The van der Waals surface area contributed by atoms with E-state index in [1.807, 2.05) is 26.0 Å². The van der Waals surface area contributed by atoms with Crippen LogP contribution in [0.2, 0.25) is 0 Å². The molecule has 0 saturated carbocycles. The van der Waals surface area contributed by atoms with Crippen molar-refractivity contribution in [2.75, 3.05) is 6.54 Å². The first-order valence-electron chi connectivity index (χ1n) is 7.06. The standard InChI is InChI=1S/C16H23NO4/c1-10-4-5-13(8-11(10)2)16(21)14(6-7-15(19)20)17-9-12(3)18/h4-5,8,12,14,17-18H,6-7,9H2,1-3H3,(H,19,20). The van der Waals surface area contributed by atoms with E-state index in [0.717, 1.165) is 11.1 Å². The normalized spacial score (nSPS) is 13.7. The van der Waals surface area contributed by atoms with Crippen LogP contribution in [-0.2, 0) is 4.79 Å². The third-order valence-electron chi connectivity index (χ3n) is 3.41. The van der Waals surface area contributed by atoms with E-state index in [0.29, 0.717) is 5.56 Å². The van der Waals surface area contributed by atoms with Crippen LogP contribution in [0.1, 0.15) is 41.3 Å². The largest absolute Gasteiger partial charge is 0.481 e. The number of ketones is 1. The van der Waals surface area contributed by atoms with Gasteiger partial charge in [-0.15, -0.1) is 0 Å². The van der Waals surface area contributed by atoms with E-state index >= 15 is 0 Å². The zero-order valence-corrected chi connectivity index (χ0v) is 12.7. The molecular weight excluding hydrogens is 270 g/mol. The maximum Gasteiger partial charge on any atom is 0.303 e. The molecule has 0 bridgehead atoms. The second-order valence-electron chi connectivity index (χ2n) is 5.41. The number of carbonyl (C=O) groups is 2. The smallest absolute Gasteiger partial charge is 0.303 e. The zero-order valence-electron chi connectivity index (χ0n) is 12.7. The topological polar surface area (TPSA) is 86.6 Å². The lowest BCUT2D eigenvalue weighted by Gasteiger charge is -2.18. The second kappa shape index (κ2) is 7.90. The number of aliphatic hydroxyl groups excluding tert-OH is 1. The van der Waals surface area contributed by atoms with Gasteiger partial charge in [0.2, 0.25) is 0 Å². The van der Waals surface area contributed by atoms with Gasteiger partial charge in [-0.2, -0.15) is 0 Å². The SMILES string of the molecule is Cc1ccc(C(=O)C(CCC(=O)O)NCC(C)O)cc1C. The van der Waals surface area contributed by atoms with Crippen molar-refractivity contribution in [1.29, 1.82) is 0 Å². The van der Waals surface area contributed by atoms with E-state index in [-0.39, 0.29) is 25.2 Å². The Bertz CT molecular complexity index is 511. The van der Waals surface area contributed by atoms with Crippen LogP contribution in [0.4, 0.5) is 0 Å². The fraction of sp³-hybridized carbons (Fsp3) is 0.500. The van der Waals surface area contributed by atoms with Crippen molar-refractivity contribution >= 4 is 11.8 Å². The number of Topliss-reactive ketones (excluding diaryl/α,β-unsaturated/α-hetero) is 1. The average molecular weight is 293 g/mol. The van der Waals surface area contributed by atoms with E-state index in [1.54, 1.807) is 13.0 Å². The Hall–Kier alpha value is -1.72. The summed E-state index contributed by atoms with van der Waals surface area (Å²) < 4.78 is 0. The summed E-state index contributed by atoms with van der Waals surface area (Å²) in [6, 6.07) is 4.85. The van der Waals surface area contributed by atoms with Gasteiger partial charge < -0.3 is 15.5 Å². The second-order valence-corrected chi connectivity index (χ2v) is 5.41. The molecule has 0 aliphatic carbocycles. The predicted octanol–water partition coefficient (Wildman–Crippen LogP) is 1.69. The molecule has 1 aromatic carbocycles. The van der Waals surface area contributed by atoms with Crippen LogP contribution in [0.25, 0.3) is 0 Å². The summed E-state index contributed by atoms with van der Waals surface area (Å²) in [6.45, 7) is 5.77. The Morgan fingerprint density at radius 2 is 1.90 bits per heavy atom. The molecule has 0 saturated heterocycles. The quantitative estimate of drug-likeness (QED) is 0.635. The van der Waals surface area contributed by atoms with Crippen molar-refractivity contribution < 1.29 is 19.8 Å². The van der Waals surface area contributed by atoms with Gasteiger partial charge in [0.25, 0.3) is 0 Å². The van der Waals surface area contributed by atoms with Crippen molar-refractivity contribution in [3.8, 4) is 0 Å². The van der Waals surface area contributed by atoms with Crippen molar-refractivity contribution in [2.45, 2.75) is 45.8 Å². The molecule has 0 aliphatic heterocycles. The Morgan fingerprint density at radius 1 is 1.24 bits per heavy atom. The Balaban J connectivity index is 2.86. The van der Waals surface area contributed by atoms with Crippen LogP contribution in [0.5, 0.6) is 0 Å². The Kier molecular flexibility index (Phi) is 6.52. The van der Waals surface area contributed by atoms with Gasteiger partial charge in [-0.05, 0) is 44.4 Å². The molecule has 5 nitrogen and oxygen atoms in total. The highest BCUT2D eigenvalue weighted by Gasteiger charge is 2.21. The number of carboxylic acids is 1. The van der Waals surface area contributed by atoms with Crippen LogP contribution in [-0.4, -0.2) is 40.7 Å². The van der Waals surface area contributed by atoms with E-state index in [1.165, 1.54) is 0 Å². The molecule has 1 rings (SSSR count). The van der Waals surface area contributed by atoms with Crippen molar-refractivity contribution in [3.63, 3.8) is 0 Å². The number of nitrogens with one attached hydrogen (secondary N) is 1. The maximum atomic E-state index is 12.5. The minimum atomic E-state index is -0.938.